The van der Waals surface area contributed by atoms with Gasteiger partial charge in [-0.3, -0.25) is 0 Å². The van der Waals surface area contributed by atoms with Crippen LogP contribution in [0.3, 0.4) is 0 Å². The summed E-state index contributed by atoms with van der Waals surface area (Å²) in [5.74, 6) is 0.636. The lowest BCUT2D eigenvalue weighted by molar-refractivity contribution is 0.414. The number of nitrogens with one attached hydrogen (secondary N) is 1. The molecule has 0 aliphatic rings. The van der Waals surface area contributed by atoms with Gasteiger partial charge in [0.15, 0.2) is 5.01 Å². The van der Waals surface area contributed by atoms with E-state index in [4.69, 9.17) is 9.15 Å². The number of aromatic nitrogens is 2. The molecule has 0 aliphatic heterocycles. The van der Waals surface area contributed by atoms with Crippen LogP contribution in [0.2, 0.25) is 0 Å². The number of rotatable bonds is 5. The molecule has 0 spiro atoms. The Hall–Kier alpha value is -3.19. The largest absolute Gasteiger partial charge is 0.497 e. The standard InChI is InChI=1S/C19H15N3O3S/c1-24-14-8-7-13-9-15(18(23)25-16(13)10-14)17-21-22-19(26-17)20-11-12-5-3-2-4-6-12/h2-10H,11H2,1H3,(H,20,22). The molecule has 6 nitrogen and oxygen atoms in total. The Morgan fingerprint density at radius 3 is 2.77 bits per heavy atom. The summed E-state index contributed by atoms with van der Waals surface area (Å²) in [5, 5.41) is 13.4. The van der Waals surface area contributed by atoms with Gasteiger partial charge in [0.1, 0.15) is 11.3 Å². The van der Waals surface area contributed by atoms with Gasteiger partial charge in [0.25, 0.3) is 0 Å². The Balaban J connectivity index is 1.60. The Morgan fingerprint density at radius 2 is 1.96 bits per heavy atom. The third kappa shape index (κ3) is 3.29. The van der Waals surface area contributed by atoms with Gasteiger partial charge >= 0.3 is 5.63 Å². The van der Waals surface area contributed by atoms with Crippen molar-refractivity contribution in [3.8, 4) is 16.3 Å². The monoisotopic (exact) mass is 365 g/mol. The highest BCUT2D eigenvalue weighted by Gasteiger charge is 2.13. The van der Waals surface area contributed by atoms with Crippen LogP contribution in [-0.4, -0.2) is 17.3 Å². The van der Waals surface area contributed by atoms with Gasteiger partial charge in [0.05, 0.1) is 12.7 Å². The summed E-state index contributed by atoms with van der Waals surface area (Å²) in [5.41, 5.74) is 1.57. The zero-order valence-electron chi connectivity index (χ0n) is 13.9. The first-order valence-electron chi connectivity index (χ1n) is 7.96. The Bertz CT molecular complexity index is 1110. The van der Waals surface area contributed by atoms with Crippen LogP contribution in [0.25, 0.3) is 21.5 Å². The Labute approximate surface area is 153 Å². The van der Waals surface area contributed by atoms with E-state index < -0.39 is 5.63 Å². The van der Waals surface area contributed by atoms with Crippen LogP contribution >= 0.6 is 11.3 Å². The molecule has 0 saturated carbocycles. The zero-order chi connectivity index (χ0) is 17.9. The molecule has 0 saturated heterocycles. The van der Waals surface area contributed by atoms with Gasteiger partial charge in [0.2, 0.25) is 5.13 Å². The minimum absolute atomic E-state index is 0.396. The molecule has 2 heterocycles. The van der Waals surface area contributed by atoms with Crippen LogP contribution in [0.5, 0.6) is 5.75 Å². The first-order chi connectivity index (χ1) is 12.7. The highest BCUT2D eigenvalue weighted by atomic mass is 32.1. The minimum Gasteiger partial charge on any atom is -0.497 e. The summed E-state index contributed by atoms with van der Waals surface area (Å²) >= 11 is 1.32. The van der Waals surface area contributed by atoms with E-state index in [1.165, 1.54) is 11.3 Å². The number of hydrogen-bond acceptors (Lipinski definition) is 7. The molecule has 0 bridgehead atoms. The molecule has 2 aromatic heterocycles. The summed E-state index contributed by atoms with van der Waals surface area (Å²) in [7, 11) is 1.57. The topological polar surface area (TPSA) is 77.3 Å². The molecule has 0 atom stereocenters. The van der Waals surface area contributed by atoms with Crippen LogP contribution in [0.1, 0.15) is 5.56 Å². The molecule has 26 heavy (non-hydrogen) atoms. The van der Waals surface area contributed by atoms with Gasteiger partial charge in [-0.25, -0.2) is 4.79 Å². The molecule has 4 rings (SSSR count). The summed E-state index contributed by atoms with van der Waals surface area (Å²) in [4.78, 5) is 12.3. The average molecular weight is 365 g/mol. The lowest BCUT2D eigenvalue weighted by atomic mass is 10.2. The van der Waals surface area contributed by atoms with Crippen molar-refractivity contribution in [1.29, 1.82) is 0 Å². The van der Waals surface area contributed by atoms with Crippen molar-refractivity contribution in [3.05, 3.63) is 70.6 Å². The number of nitrogens with zero attached hydrogens (tertiary/aromatic N) is 2. The number of hydrogen-bond donors (Lipinski definition) is 1. The number of fused-ring (bicyclic) bond motifs is 1. The second-order valence-electron chi connectivity index (χ2n) is 5.60. The van der Waals surface area contributed by atoms with Gasteiger partial charge in [-0.15, -0.1) is 10.2 Å². The fraction of sp³-hybridized carbons (Fsp3) is 0.105. The third-order valence-electron chi connectivity index (χ3n) is 3.89. The number of ether oxygens (including phenoxy) is 1. The third-order valence-corrected chi connectivity index (χ3v) is 4.80. The maximum Gasteiger partial charge on any atom is 0.346 e. The van der Waals surface area contributed by atoms with E-state index in [1.807, 2.05) is 42.5 Å². The summed E-state index contributed by atoms with van der Waals surface area (Å²) in [6.07, 6.45) is 0. The lowest BCUT2D eigenvalue weighted by Crippen LogP contribution is -2.02. The second-order valence-corrected chi connectivity index (χ2v) is 6.58. The quantitative estimate of drug-likeness (QED) is 0.540. The lowest BCUT2D eigenvalue weighted by Gasteiger charge is -2.02. The molecule has 0 unspecified atom stereocenters. The van der Waals surface area contributed by atoms with Crippen molar-refractivity contribution >= 4 is 27.4 Å². The fourth-order valence-electron chi connectivity index (χ4n) is 2.54. The van der Waals surface area contributed by atoms with Crippen molar-refractivity contribution in [2.45, 2.75) is 6.54 Å². The first-order valence-corrected chi connectivity index (χ1v) is 8.78. The number of benzene rings is 2. The molecular formula is C19H15N3O3S. The maximum atomic E-state index is 12.3. The van der Waals surface area contributed by atoms with Crippen molar-refractivity contribution in [2.75, 3.05) is 12.4 Å². The van der Waals surface area contributed by atoms with Crippen LogP contribution in [0, 0.1) is 0 Å². The van der Waals surface area contributed by atoms with Crippen LogP contribution in [0.15, 0.2) is 63.8 Å². The maximum absolute atomic E-state index is 12.3. The molecule has 4 aromatic rings. The van der Waals surface area contributed by atoms with E-state index in [0.717, 1.165) is 10.9 Å². The molecule has 0 amide bonds. The molecule has 0 fully saturated rings. The second kappa shape index (κ2) is 6.97. The predicted molar refractivity (Wildman–Crippen MR) is 102 cm³/mol. The Morgan fingerprint density at radius 1 is 1.12 bits per heavy atom. The van der Waals surface area contributed by atoms with Crippen LogP contribution in [-0.2, 0) is 6.54 Å². The van der Waals surface area contributed by atoms with Gasteiger partial charge in [-0.05, 0) is 23.8 Å². The van der Waals surface area contributed by atoms with Gasteiger partial charge < -0.3 is 14.5 Å². The molecule has 1 N–H and O–H groups in total. The Kier molecular flexibility index (Phi) is 4.37. The van der Waals surface area contributed by atoms with E-state index in [2.05, 4.69) is 15.5 Å². The predicted octanol–water partition coefficient (Wildman–Crippen LogP) is 3.93. The van der Waals surface area contributed by atoms with Crippen LogP contribution < -0.4 is 15.7 Å². The van der Waals surface area contributed by atoms with Crippen LogP contribution in [0.4, 0.5) is 5.13 Å². The van der Waals surface area contributed by atoms with Crippen molar-refractivity contribution < 1.29 is 9.15 Å². The molecule has 7 heteroatoms. The van der Waals surface area contributed by atoms with E-state index in [9.17, 15) is 4.79 Å². The van der Waals surface area contributed by atoms with E-state index in [1.54, 1.807) is 19.2 Å². The van der Waals surface area contributed by atoms with E-state index >= 15 is 0 Å². The zero-order valence-corrected chi connectivity index (χ0v) is 14.7. The fourth-order valence-corrected chi connectivity index (χ4v) is 3.29. The van der Waals surface area contributed by atoms with Gasteiger partial charge in [-0.1, -0.05) is 41.7 Å². The molecule has 130 valence electrons. The van der Waals surface area contributed by atoms with E-state index in [-0.39, 0.29) is 0 Å². The first kappa shape index (κ1) is 16.3. The van der Waals surface area contributed by atoms with Crippen molar-refractivity contribution in [3.63, 3.8) is 0 Å². The normalized spacial score (nSPS) is 10.8. The van der Waals surface area contributed by atoms with Gasteiger partial charge in [0, 0.05) is 18.0 Å². The summed E-state index contributed by atoms with van der Waals surface area (Å²) < 4.78 is 10.6. The molecule has 0 aliphatic carbocycles. The number of anilines is 1. The smallest absolute Gasteiger partial charge is 0.346 e. The van der Waals surface area contributed by atoms with E-state index in [0.29, 0.717) is 33.6 Å². The highest BCUT2D eigenvalue weighted by molar-refractivity contribution is 7.18. The summed E-state index contributed by atoms with van der Waals surface area (Å²) in [6.45, 7) is 0.640. The molecular weight excluding hydrogens is 350 g/mol. The minimum atomic E-state index is -0.448. The summed E-state index contributed by atoms with van der Waals surface area (Å²) in [6, 6.07) is 17.1. The highest BCUT2D eigenvalue weighted by Crippen LogP contribution is 2.28. The van der Waals surface area contributed by atoms with Crippen molar-refractivity contribution in [1.82, 2.24) is 10.2 Å². The van der Waals surface area contributed by atoms with Crippen molar-refractivity contribution in [2.24, 2.45) is 0 Å². The number of methoxy groups -OCH3 is 1. The molecule has 0 radical (unpaired) electrons. The van der Waals surface area contributed by atoms with Gasteiger partial charge in [-0.2, -0.15) is 0 Å². The SMILES string of the molecule is COc1ccc2cc(-c3nnc(NCc4ccccc4)s3)c(=O)oc2c1. The average Bonchev–Trinajstić information content (AvgIpc) is 3.15. The molecule has 2 aromatic carbocycles.